The zero-order valence-electron chi connectivity index (χ0n) is 10.4. The monoisotopic (exact) mass is 265 g/mol. The molecule has 0 bridgehead atoms. The lowest BCUT2D eigenvalue weighted by molar-refractivity contribution is -0.384. The number of nitro groups is 1. The molecule has 0 fully saturated rings. The van der Waals surface area contributed by atoms with Crippen molar-refractivity contribution in [1.29, 1.82) is 0 Å². The van der Waals surface area contributed by atoms with Crippen LogP contribution in [0.3, 0.4) is 0 Å². The molecule has 0 amide bonds. The Bertz CT molecular complexity index is 567. The van der Waals surface area contributed by atoms with E-state index in [9.17, 15) is 10.1 Å². The fraction of sp³-hybridized carbons (Fsp3) is 0.417. The number of fused-ring (bicyclic) bond motifs is 1. The Morgan fingerprint density at radius 2 is 2.28 bits per heavy atom. The summed E-state index contributed by atoms with van der Waals surface area (Å²) < 4.78 is 0.863. The van der Waals surface area contributed by atoms with Crippen molar-refractivity contribution in [3.05, 3.63) is 28.3 Å². The third kappa shape index (κ3) is 2.59. The minimum atomic E-state index is -0.375. The average molecular weight is 265 g/mol. The third-order valence-corrected chi connectivity index (χ3v) is 3.88. The van der Waals surface area contributed by atoms with Crippen LogP contribution in [0.4, 0.5) is 10.8 Å². The number of unbranched alkanes of at least 4 members (excludes halogenated alkanes) is 1. The maximum absolute atomic E-state index is 10.7. The van der Waals surface area contributed by atoms with E-state index in [1.54, 1.807) is 12.1 Å². The molecular weight excluding hydrogens is 250 g/mol. The van der Waals surface area contributed by atoms with E-state index < -0.39 is 0 Å². The maximum Gasteiger partial charge on any atom is 0.270 e. The van der Waals surface area contributed by atoms with E-state index in [4.69, 9.17) is 0 Å². The number of hydrogen-bond acceptors (Lipinski definition) is 5. The van der Waals surface area contributed by atoms with Crippen LogP contribution in [0.25, 0.3) is 10.2 Å². The molecule has 1 heterocycles. The molecule has 0 aliphatic carbocycles. The smallest absolute Gasteiger partial charge is 0.270 e. The van der Waals surface area contributed by atoms with Crippen molar-refractivity contribution in [3.8, 4) is 0 Å². The van der Waals surface area contributed by atoms with Gasteiger partial charge in [-0.3, -0.25) is 10.1 Å². The number of nitro benzene ring substituents is 1. The van der Waals surface area contributed by atoms with E-state index in [-0.39, 0.29) is 10.6 Å². The van der Waals surface area contributed by atoms with Crippen LogP contribution in [0.5, 0.6) is 0 Å². The highest BCUT2D eigenvalue weighted by Crippen LogP contribution is 2.30. The molecule has 0 spiro atoms. The molecule has 0 saturated carbocycles. The molecule has 2 aromatic rings. The highest BCUT2D eigenvalue weighted by molar-refractivity contribution is 7.22. The van der Waals surface area contributed by atoms with Crippen molar-refractivity contribution in [2.75, 3.05) is 18.5 Å². The van der Waals surface area contributed by atoms with Crippen LogP contribution in [-0.2, 0) is 0 Å². The molecule has 1 aromatic carbocycles. The van der Waals surface area contributed by atoms with E-state index in [1.807, 2.05) is 7.05 Å². The standard InChI is InChI=1S/C12H15N3O2S/c1-3-4-7-14(2)12-13-10-6-5-9(15(16)17)8-11(10)18-12/h5-6,8H,3-4,7H2,1-2H3. The Kier molecular flexibility index (Phi) is 3.76. The van der Waals surface area contributed by atoms with Crippen molar-refractivity contribution in [2.24, 2.45) is 0 Å². The molecule has 5 nitrogen and oxygen atoms in total. The molecule has 0 N–H and O–H groups in total. The van der Waals surface area contributed by atoms with Gasteiger partial charge in [-0.2, -0.15) is 0 Å². The normalized spacial score (nSPS) is 10.8. The lowest BCUT2D eigenvalue weighted by Gasteiger charge is -2.14. The van der Waals surface area contributed by atoms with Gasteiger partial charge in [0.05, 0.1) is 15.1 Å². The Labute approximate surface area is 109 Å². The molecule has 0 atom stereocenters. The van der Waals surface area contributed by atoms with Gasteiger partial charge >= 0.3 is 0 Å². The average Bonchev–Trinajstić information content (AvgIpc) is 2.78. The molecule has 18 heavy (non-hydrogen) atoms. The second-order valence-corrected chi connectivity index (χ2v) is 5.19. The minimum absolute atomic E-state index is 0.119. The van der Waals surface area contributed by atoms with Crippen LogP contribution >= 0.6 is 11.3 Å². The number of nitrogens with zero attached hydrogens (tertiary/aromatic N) is 3. The van der Waals surface area contributed by atoms with Gasteiger partial charge in [-0.25, -0.2) is 4.98 Å². The molecule has 6 heteroatoms. The van der Waals surface area contributed by atoms with Gasteiger partial charge in [-0.05, 0) is 12.5 Å². The summed E-state index contributed by atoms with van der Waals surface area (Å²) in [5.41, 5.74) is 0.942. The first-order chi connectivity index (χ1) is 8.61. The third-order valence-electron chi connectivity index (χ3n) is 2.75. The van der Waals surface area contributed by atoms with Crippen LogP contribution in [0.15, 0.2) is 18.2 Å². The first-order valence-corrected chi connectivity index (χ1v) is 6.69. The summed E-state index contributed by atoms with van der Waals surface area (Å²) in [5, 5.41) is 11.6. The van der Waals surface area contributed by atoms with E-state index in [0.29, 0.717) is 0 Å². The highest BCUT2D eigenvalue weighted by atomic mass is 32.1. The number of rotatable bonds is 5. The fourth-order valence-electron chi connectivity index (χ4n) is 1.67. The molecule has 0 aliphatic heterocycles. The molecule has 0 unspecified atom stereocenters. The predicted molar refractivity (Wildman–Crippen MR) is 74.5 cm³/mol. The Morgan fingerprint density at radius 3 is 2.94 bits per heavy atom. The summed E-state index contributed by atoms with van der Waals surface area (Å²) in [6, 6.07) is 4.79. The molecule has 1 aromatic heterocycles. The van der Waals surface area contributed by atoms with Crippen LogP contribution in [0.2, 0.25) is 0 Å². The van der Waals surface area contributed by atoms with Crippen LogP contribution in [0, 0.1) is 10.1 Å². The summed E-state index contributed by atoms with van der Waals surface area (Å²) in [6.45, 7) is 3.11. The van der Waals surface area contributed by atoms with Crippen molar-refractivity contribution >= 4 is 32.4 Å². The molecular formula is C12H15N3O2S. The lowest BCUT2D eigenvalue weighted by atomic mass is 10.3. The second-order valence-electron chi connectivity index (χ2n) is 4.18. The van der Waals surface area contributed by atoms with Crippen molar-refractivity contribution < 1.29 is 4.92 Å². The Balaban J connectivity index is 2.29. The number of hydrogen-bond donors (Lipinski definition) is 0. The number of benzene rings is 1. The summed E-state index contributed by atoms with van der Waals surface area (Å²) >= 11 is 1.50. The van der Waals surface area contributed by atoms with E-state index >= 15 is 0 Å². The lowest BCUT2D eigenvalue weighted by Crippen LogP contribution is -2.17. The molecule has 0 saturated heterocycles. The van der Waals surface area contributed by atoms with E-state index in [2.05, 4.69) is 16.8 Å². The number of aromatic nitrogens is 1. The Hall–Kier alpha value is -1.69. The van der Waals surface area contributed by atoms with Crippen molar-refractivity contribution in [3.63, 3.8) is 0 Å². The summed E-state index contributed by atoms with van der Waals surface area (Å²) in [6.07, 6.45) is 2.26. The van der Waals surface area contributed by atoms with E-state index in [0.717, 1.165) is 34.7 Å². The van der Waals surface area contributed by atoms with Gasteiger partial charge in [-0.1, -0.05) is 24.7 Å². The zero-order chi connectivity index (χ0) is 13.1. The topological polar surface area (TPSA) is 59.3 Å². The zero-order valence-corrected chi connectivity index (χ0v) is 11.2. The number of non-ortho nitro benzene ring substituents is 1. The molecule has 2 rings (SSSR count). The first-order valence-electron chi connectivity index (χ1n) is 5.88. The molecule has 0 radical (unpaired) electrons. The number of anilines is 1. The quantitative estimate of drug-likeness (QED) is 0.613. The van der Waals surface area contributed by atoms with Gasteiger partial charge in [0.1, 0.15) is 0 Å². The number of thiazole rings is 1. The predicted octanol–water partition coefficient (Wildman–Crippen LogP) is 3.44. The van der Waals surface area contributed by atoms with E-state index in [1.165, 1.54) is 17.4 Å². The van der Waals surface area contributed by atoms with Gasteiger partial charge in [0.25, 0.3) is 5.69 Å². The van der Waals surface area contributed by atoms with Gasteiger partial charge in [0.2, 0.25) is 0 Å². The second kappa shape index (κ2) is 5.30. The molecule has 0 aliphatic rings. The highest BCUT2D eigenvalue weighted by Gasteiger charge is 2.12. The SMILES string of the molecule is CCCCN(C)c1nc2ccc([N+](=O)[O-])cc2s1. The maximum atomic E-state index is 10.7. The summed E-state index contributed by atoms with van der Waals surface area (Å²) in [5.74, 6) is 0. The van der Waals surface area contributed by atoms with Gasteiger partial charge in [0.15, 0.2) is 5.13 Å². The molecule has 96 valence electrons. The minimum Gasteiger partial charge on any atom is -0.351 e. The van der Waals surface area contributed by atoms with Crippen LogP contribution in [-0.4, -0.2) is 23.5 Å². The summed E-state index contributed by atoms with van der Waals surface area (Å²) in [7, 11) is 2.00. The fourth-order valence-corrected chi connectivity index (χ4v) is 2.65. The van der Waals surface area contributed by atoms with Gasteiger partial charge in [0, 0.05) is 25.7 Å². The first kappa shape index (κ1) is 12.8. The van der Waals surface area contributed by atoms with Gasteiger partial charge in [-0.15, -0.1) is 0 Å². The Morgan fingerprint density at radius 1 is 1.50 bits per heavy atom. The van der Waals surface area contributed by atoms with Crippen LogP contribution < -0.4 is 4.90 Å². The van der Waals surface area contributed by atoms with Crippen molar-refractivity contribution in [1.82, 2.24) is 4.98 Å². The largest absolute Gasteiger partial charge is 0.351 e. The van der Waals surface area contributed by atoms with Crippen LogP contribution in [0.1, 0.15) is 19.8 Å². The van der Waals surface area contributed by atoms with Gasteiger partial charge < -0.3 is 4.90 Å². The van der Waals surface area contributed by atoms with Crippen molar-refractivity contribution in [2.45, 2.75) is 19.8 Å². The summed E-state index contributed by atoms with van der Waals surface area (Å²) in [4.78, 5) is 16.9.